The summed E-state index contributed by atoms with van der Waals surface area (Å²) in [5.41, 5.74) is 8.66. The second-order valence-electron chi connectivity index (χ2n) is 6.45. The van der Waals surface area contributed by atoms with Crippen molar-refractivity contribution in [3.63, 3.8) is 0 Å². The van der Waals surface area contributed by atoms with E-state index in [0.717, 1.165) is 26.2 Å². The number of imidazole rings is 1. The largest absolute Gasteiger partial charge is 0.330 e. The van der Waals surface area contributed by atoms with Crippen LogP contribution in [0.4, 0.5) is 0 Å². The summed E-state index contributed by atoms with van der Waals surface area (Å²) < 4.78 is 2.06. The Morgan fingerprint density at radius 2 is 2.04 bits per heavy atom. The fourth-order valence-corrected chi connectivity index (χ4v) is 4.53. The van der Waals surface area contributed by atoms with Crippen LogP contribution in [0.5, 0.6) is 0 Å². The molecule has 1 fully saturated rings. The third kappa shape index (κ3) is 3.96. The molecule has 2 atom stereocenters. The lowest BCUT2D eigenvalue weighted by molar-refractivity contribution is 0.319. The number of nitrogens with two attached hydrogens (primary N) is 1. The fraction of sp³-hybridized carbons (Fsp3) is 0.316. The van der Waals surface area contributed by atoms with Crippen LogP contribution in [0.1, 0.15) is 16.4 Å². The number of likely N-dealkylation sites (tertiary alicyclic amines) is 1. The number of nitrogens with zero attached hydrogens (tertiary/aromatic N) is 3. The van der Waals surface area contributed by atoms with E-state index >= 15 is 0 Å². The van der Waals surface area contributed by atoms with Crippen LogP contribution in [-0.4, -0.2) is 34.1 Å². The Labute approximate surface area is 158 Å². The van der Waals surface area contributed by atoms with E-state index in [1.165, 1.54) is 16.1 Å². The van der Waals surface area contributed by atoms with Gasteiger partial charge in [0, 0.05) is 48.2 Å². The summed E-state index contributed by atoms with van der Waals surface area (Å²) in [5, 5.41) is 2.20. The molecule has 1 aliphatic heterocycles. The average molecular weight is 375 g/mol. The zero-order valence-corrected chi connectivity index (χ0v) is 15.6. The van der Waals surface area contributed by atoms with E-state index in [9.17, 15) is 0 Å². The highest BCUT2D eigenvalue weighted by Crippen LogP contribution is 2.33. The molecule has 0 unspecified atom stereocenters. The summed E-state index contributed by atoms with van der Waals surface area (Å²) in [7, 11) is 0. The molecular formula is C19H23ClN4S. The minimum atomic E-state index is 0. The van der Waals surface area contributed by atoms with E-state index in [2.05, 4.69) is 56.2 Å². The Morgan fingerprint density at radius 1 is 1.20 bits per heavy atom. The van der Waals surface area contributed by atoms with Gasteiger partial charge in [0.25, 0.3) is 0 Å². The minimum absolute atomic E-state index is 0. The van der Waals surface area contributed by atoms with Crippen molar-refractivity contribution < 1.29 is 0 Å². The fourth-order valence-electron chi connectivity index (χ4n) is 3.63. The van der Waals surface area contributed by atoms with Gasteiger partial charge in [0.1, 0.15) is 0 Å². The average Bonchev–Trinajstić information content (AvgIpc) is 3.36. The molecule has 4 rings (SSSR count). The first-order valence-corrected chi connectivity index (χ1v) is 9.24. The summed E-state index contributed by atoms with van der Waals surface area (Å²) in [6.07, 6.45) is 5.64. The maximum Gasteiger partial charge on any atom is 0.0991 e. The van der Waals surface area contributed by atoms with Gasteiger partial charge in [-0.05, 0) is 24.1 Å². The molecule has 3 heterocycles. The van der Waals surface area contributed by atoms with Crippen molar-refractivity contribution in [2.75, 3.05) is 19.6 Å². The smallest absolute Gasteiger partial charge is 0.0991 e. The highest BCUT2D eigenvalue weighted by atomic mass is 35.5. The van der Waals surface area contributed by atoms with Gasteiger partial charge in [-0.3, -0.25) is 4.90 Å². The van der Waals surface area contributed by atoms with Gasteiger partial charge < -0.3 is 10.3 Å². The van der Waals surface area contributed by atoms with Gasteiger partial charge in [0.05, 0.1) is 12.0 Å². The Bertz CT molecular complexity index is 772. The van der Waals surface area contributed by atoms with E-state index in [4.69, 9.17) is 5.73 Å². The number of aromatic nitrogens is 2. The first-order chi connectivity index (χ1) is 11.8. The second-order valence-corrected chi connectivity index (χ2v) is 7.44. The number of rotatable bonds is 5. The van der Waals surface area contributed by atoms with Gasteiger partial charge in [0.2, 0.25) is 0 Å². The normalized spacial score (nSPS) is 20.5. The summed E-state index contributed by atoms with van der Waals surface area (Å²) in [5.74, 6) is 1.09. The van der Waals surface area contributed by atoms with Gasteiger partial charge in [-0.25, -0.2) is 4.98 Å². The van der Waals surface area contributed by atoms with Crippen molar-refractivity contribution in [1.82, 2.24) is 14.5 Å². The van der Waals surface area contributed by atoms with Crippen molar-refractivity contribution in [3.8, 4) is 5.69 Å². The summed E-state index contributed by atoms with van der Waals surface area (Å²) >= 11 is 1.82. The van der Waals surface area contributed by atoms with Gasteiger partial charge in [-0.15, -0.1) is 23.7 Å². The van der Waals surface area contributed by atoms with Gasteiger partial charge in [0.15, 0.2) is 0 Å². The van der Waals surface area contributed by atoms with E-state index in [1.807, 2.05) is 30.1 Å². The standard InChI is InChI=1S/C19H22N4S.ClH/c20-9-16-10-22(12-19(16)15-4-2-1-3-5-15)11-18-8-17(13-24-18)23-7-6-21-14-23;/h1-8,13-14,16,19H,9-12,20H2;1H/t16-,19+;/m1./s1. The van der Waals surface area contributed by atoms with E-state index < -0.39 is 0 Å². The van der Waals surface area contributed by atoms with Crippen LogP contribution in [0.25, 0.3) is 5.69 Å². The molecule has 0 radical (unpaired) electrons. The first kappa shape index (κ1) is 18.1. The lowest BCUT2D eigenvalue weighted by Crippen LogP contribution is -2.22. The Hall–Kier alpha value is -1.66. The highest BCUT2D eigenvalue weighted by Gasteiger charge is 2.32. The molecule has 2 N–H and O–H groups in total. The molecule has 3 aromatic rings. The molecular weight excluding hydrogens is 352 g/mol. The third-order valence-corrected chi connectivity index (χ3v) is 5.78. The van der Waals surface area contributed by atoms with E-state index in [0.29, 0.717) is 11.8 Å². The summed E-state index contributed by atoms with van der Waals surface area (Å²) in [6, 6.07) is 13.1. The molecule has 4 nitrogen and oxygen atoms in total. The highest BCUT2D eigenvalue weighted by molar-refractivity contribution is 7.10. The Morgan fingerprint density at radius 3 is 2.76 bits per heavy atom. The lowest BCUT2D eigenvalue weighted by Gasteiger charge is -2.16. The molecule has 1 aliphatic rings. The lowest BCUT2D eigenvalue weighted by atomic mass is 9.89. The summed E-state index contributed by atoms with van der Waals surface area (Å²) in [4.78, 5) is 8.05. The molecule has 0 bridgehead atoms. The van der Waals surface area contributed by atoms with Crippen LogP contribution in [0.3, 0.4) is 0 Å². The number of halogens is 1. The number of hydrogen-bond acceptors (Lipinski definition) is 4. The van der Waals surface area contributed by atoms with Crippen molar-refractivity contribution >= 4 is 23.7 Å². The zero-order valence-electron chi connectivity index (χ0n) is 14.0. The van der Waals surface area contributed by atoms with Crippen molar-refractivity contribution in [2.24, 2.45) is 11.7 Å². The van der Waals surface area contributed by atoms with Crippen molar-refractivity contribution in [1.29, 1.82) is 0 Å². The van der Waals surface area contributed by atoms with Crippen molar-refractivity contribution in [2.45, 2.75) is 12.5 Å². The zero-order chi connectivity index (χ0) is 16.4. The molecule has 1 saturated heterocycles. The quantitative estimate of drug-likeness (QED) is 0.743. The number of thiophene rings is 1. The first-order valence-electron chi connectivity index (χ1n) is 8.36. The monoisotopic (exact) mass is 374 g/mol. The van der Waals surface area contributed by atoms with Gasteiger partial charge in [-0.1, -0.05) is 30.3 Å². The predicted molar refractivity (Wildman–Crippen MR) is 106 cm³/mol. The molecule has 0 aliphatic carbocycles. The van der Waals surface area contributed by atoms with Crippen LogP contribution in [0.2, 0.25) is 0 Å². The molecule has 2 aromatic heterocycles. The Kier molecular flexibility index (Phi) is 5.91. The van der Waals surface area contributed by atoms with E-state index in [1.54, 1.807) is 0 Å². The Balaban J connectivity index is 0.00000182. The maximum absolute atomic E-state index is 6.05. The minimum Gasteiger partial charge on any atom is -0.330 e. The van der Waals surface area contributed by atoms with Crippen LogP contribution >= 0.6 is 23.7 Å². The molecule has 0 amide bonds. The molecule has 25 heavy (non-hydrogen) atoms. The van der Waals surface area contributed by atoms with Crippen molar-refractivity contribution in [3.05, 3.63) is 70.9 Å². The maximum atomic E-state index is 6.05. The molecule has 0 spiro atoms. The molecule has 0 saturated carbocycles. The molecule has 1 aromatic carbocycles. The van der Waals surface area contributed by atoms with Crippen LogP contribution in [-0.2, 0) is 6.54 Å². The second kappa shape index (κ2) is 8.15. The molecule has 6 heteroatoms. The van der Waals surface area contributed by atoms with Crippen LogP contribution < -0.4 is 5.73 Å². The number of hydrogen-bond donors (Lipinski definition) is 1. The van der Waals surface area contributed by atoms with Crippen LogP contribution in [0.15, 0.2) is 60.5 Å². The van der Waals surface area contributed by atoms with E-state index in [-0.39, 0.29) is 12.4 Å². The molecule has 132 valence electrons. The predicted octanol–water partition coefficient (Wildman–Crippen LogP) is 3.53. The van der Waals surface area contributed by atoms with Crippen LogP contribution in [0, 0.1) is 5.92 Å². The topological polar surface area (TPSA) is 47.1 Å². The summed E-state index contributed by atoms with van der Waals surface area (Å²) in [6.45, 7) is 3.92. The van der Waals surface area contributed by atoms with Gasteiger partial charge >= 0.3 is 0 Å². The SMILES string of the molecule is Cl.NC[C@@H]1CN(Cc2cc(-n3ccnc3)cs2)C[C@H]1c1ccccc1. The number of benzene rings is 1. The third-order valence-electron chi connectivity index (χ3n) is 4.87. The van der Waals surface area contributed by atoms with Gasteiger partial charge in [-0.2, -0.15) is 0 Å².